The van der Waals surface area contributed by atoms with E-state index >= 15 is 0 Å². The maximum Gasteiger partial charge on any atom is 0.221 e. The van der Waals surface area contributed by atoms with Crippen molar-refractivity contribution in [1.82, 2.24) is 10.6 Å². The zero-order valence-electron chi connectivity index (χ0n) is 9.55. The predicted octanol–water partition coefficient (Wildman–Crippen LogP) is 0.262. The highest BCUT2D eigenvalue weighted by Crippen LogP contribution is 1.97. The summed E-state index contributed by atoms with van der Waals surface area (Å²) in [6.45, 7) is 8.80. The smallest absolute Gasteiger partial charge is 0.221 e. The molecular weight excluding hydrogens is 180 g/mol. The average Bonchev–Trinajstić information content (AvgIpc) is 1.98. The van der Waals surface area contributed by atoms with Gasteiger partial charge in [0.2, 0.25) is 5.91 Å². The first-order valence-electron chi connectivity index (χ1n) is 5.01. The van der Waals surface area contributed by atoms with Crippen LogP contribution in [0.25, 0.3) is 0 Å². The Hall–Kier alpha value is -0.610. The van der Waals surface area contributed by atoms with Gasteiger partial charge in [-0.2, -0.15) is 0 Å². The van der Waals surface area contributed by atoms with Gasteiger partial charge in [-0.05, 0) is 27.7 Å². The van der Waals surface area contributed by atoms with Crippen LogP contribution in [0.5, 0.6) is 0 Å². The maximum absolute atomic E-state index is 11.2. The van der Waals surface area contributed by atoms with Crippen molar-refractivity contribution in [2.75, 3.05) is 13.1 Å². The fraction of sp³-hybridized carbons (Fsp3) is 0.900. The molecule has 0 aliphatic heterocycles. The molecule has 0 rings (SSSR count). The standard InChI is InChI=1S/C10H22N2O2/c1-8(13)7-11-9(14)5-6-12-10(2,3)4/h8,12-13H,5-7H2,1-4H3,(H,11,14). The largest absolute Gasteiger partial charge is 0.392 e. The second kappa shape index (κ2) is 5.98. The van der Waals surface area contributed by atoms with Crippen LogP contribution in [0, 0.1) is 0 Å². The van der Waals surface area contributed by atoms with E-state index in [2.05, 4.69) is 31.4 Å². The van der Waals surface area contributed by atoms with Crippen LogP contribution < -0.4 is 10.6 Å². The van der Waals surface area contributed by atoms with E-state index in [9.17, 15) is 4.79 Å². The Labute approximate surface area is 86.1 Å². The van der Waals surface area contributed by atoms with E-state index in [1.165, 1.54) is 0 Å². The van der Waals surface area contributed by atoms with E-state index in [1.54, 1.807) is 6.92 Å². The molecule has 1 atom stereocenters. The highest BCUT2D eigenvalue weighted by molar-refractivity contribution is 5.76. The fourth-order valence-electron chi connectivity index (χ4n) is 0.901. The number of aliphatic hydroxyl groups excluding tert-OH is 1. The predicted molar refractivity (Wildman–Crippen MR) is 57.1 cm³/mol. The molecule has 0 heterocycles. The summed E-state index contributed by atoms with van der Waals surface area (Å²) in [4.78, 5) is 11.2. The molecule has 4 nitrogen and oxygen atoms in total. The number of hydrogen-bond acceptors (Lipinski definition) is 3. The van der Waals surface area contributed by atoms with Gasteiger partial charge in [0.25, 0.3) is 0 Å². The van der Waals surface area contributed by atoms with Crippen molar-refractivity contribution in [1.29, 1.82) is 0 Å². The molecule has 0 saturated carbocycles. The van der Waals surface area contributed by atoms with Gasteiger partial charge in [-0.1, -0.05) is 0 Å². The van der Waals surface area contributed by atoms with Gasteiger partial charge >= 0.3 is 0 Å². The lowest BCUT2D eigenvalue weighted by atomic mass is 10.1. The topological polar surface area (TPSA) is 61.4 Å². The van der Waals surface area contributed by atoms with Crippen LogP contribution in [0.1, 0.15) is 34.1 Å². The number of amides is 1. The summed E-state index contributed by atoms with van der Waals surface area (Å²) in [5.74, 6) is -0.0253. The van der Waals surface area contributed by atoms with Crippen LogP contribution in [-0.4, -0.2) is 35.7 Å². The Morgan fingerprint density at radius 3 is 2.43 bits per heavy atom. The number of aliphatic hydroxyl groups is 1. The lowest BCUT2D eigenvalue weighted by Gasteiger charge is -2.20. The normalized spacial score (nSPS) is 13.8. The Morgan fingerprint density at radius 2 is 2.00 bits per heavy atom. The van der Waals surface area contributed by atoms with Gasteiger partial charge in [-0.15, -0.1) is 0 Å². The number of nitrogens with one attached hydrogen (secondary N) is 2. The van der Waals surface area contributed by atoms with Crippen LogP contribution in [0.15, 0.2) is 0 Å². The van der Waals surface area contributed by atoms with Crippen molar-refractivity contribution in [3.05, 3.63) is 0 Å². The number of carbonyl (C=O) groups is 1. The minimum absolute atomic E-state index is 0.0253. The molecule has 0 radical (unpaired) electrons. The van der Waals surface area contributed by atoms with Crippen molar-refractivity contribution in [2.45, 2.75) is 45.8 Å². The molecular formula is C10H22N2O2. The van der Waals surface area contributed by atoms with Gasteiger partial charge in [0, 0.05) is 25.0 Å². The second-order valence-electron chi connectivity index (χ2n) is 4.58. The number of hydrogen-bond donors (Lipinski definition) is 3. The molecule has 0 aromatic carbocycles. The molecule has 0 aliphatic carbocycles. The van der Waals surface area contributed by atoms with E-state index in [1.807, 2.05) is 0 Å². The third kappa shape index (κ3) is 9.48. The highest BCUT2D eigenvalue weighted by Gasteiger charge is 2.09. The molecule has 0 aromatic heterocycles. The maximum atomic E-state index is 11.2. The molecule has 84 valence electrons. The summed E-state index contributed by atoms with van der Waals surface area (Å²) < 4.78 is 0. The van der Waals surface area contributed by atoms with Crippen molar-refractivity contribution in [3.63, 3.8) is 0 Å². The minimum atomic E-state index is -0.477. The van der Waals surface area contributed by atoms with E-state index < -0.39 is 6.10 Å². The van der Waals surface area contributed by atoms with Gasteiger partial charge in [0.15, 0.2) is 0 Å². The van der Waals surface area contributed by atoms with E-state index in [-0.39, 0.29) is 11.4 Å². The fourth-order valence-corrected chi connectivity index (χ4v) is 0.901. The van der Waals surface area contributed by atoms with E-state index in [0.29, 0.717) is 19.5 Å². The van der Waals surface area contributed by atoms with Gasteiger partial charge in [-0.25, -0.2) is 0 Å². The summed E-state index contributed by atoms with van der Waals surface area (Å²) in [5.41, 5.74) is 0.0462. The van der Waals surface area contributed by atoms with Crippen molar-refractivity contribution >= 4 is 5.91 Å². The lowest BCUT2D eigenvalue weighted by molar-refractivity contribution is -0.121. The zero-order chi connectivity index (χ0) is 11.2. The summed E-state index contributed by atoms with van der Waals surface area (Å²) in [5, 5.41) is 14.8. The molecule has 0 spiro atoms. The second-order valence-corrected chi connectivity index (χ2v) is 4.58. The molecule has 0 aromatic rings. The summed E-state index contributed by atoms with van der Waals surface area (Å²) in [7, 11) is 0. The van der Waals surface area contributed by atoms with Crippen molar-refractivity contribution in [2.24, 2.45) is 0 Å². The third-order valence-electron chi connectivity index (χ3n) is 1.60. The van der Waals surface area contributed by atoms with Crippen LogP contribution in [-0.2, 0) is 4.79 Å². The highest BCUT2D eigenvalue weighted by atomic mass is 16.3. The zero-order valence-corrected chi connectivity index (χ0v) is 9.55. The molecule has 4 heteroatoms. The minimum Gasteiger partial charge on any atom is -0.392 e. The molecule has 0 fully saturated rings. The summed E-state index contributed by atoms with van der Waals surface area (Å²) in [6, 6.07) is 0. The first-order valence-corrected chi connectivity index (χ1v) is 5.01. The van der Waals surface area contributed by atoms with E-state index in [4.69, 9.17) is 5.11 Å². The first kappa shape index (κ1) is 13.4. The summed E-state index contributed by atoms with van der Waals surface area (Å²) in [6.07, 6.45) is -0.0289. The first-order chi connectivity index (χ1) is 6.31. The van der Waals surface area contributed by atoms with Gasteiger partial charge in [0.05, 0.1) is 6.10 Å². The van der Waals surface area contributed by atoms with Crippen LogP contribution in [0.3, 0.4) is 0 Å². The Morgan fingerprint density at radius 1 is 1.43 bits per heavy atom. The van der Waals surface area contributed by atoms with Crippen LogP contribution in [0.4, 0.5) is 0 Å². The molecule has 14 heavy (non-hydrogen) atoms. The monoisotopic (exact) mass is 202 g/mol. The molecule has 1 amide bonds. The lowest BCUT2D eigenvalue weighted by Crippen LogP contribution is -2.39. The molecule has 0 saturated heterocycles. The number of rotatable bonds is 5. The average molecular weight is 202 g/mol. The van der Waals surface area contributed by atoms with Crippen molar-refractivity contribution < 1.29 is 9.90 Å². The third-order valence-corrected chi connectivity index (χ3v) is 1.60. The summed E-state index contributed by atoms with van der Waals surface area (Å²) >= 11 is 0. The van der Waals surface area contributed by atoms with Gasteiger partial charge in [0.1, 0.15) is 0 Å². The Balaban J connectivity index is 3.46. The quantitative estimate of drug-likeness (QED) is 0.599. The van der Waals surface area contributed by atoms with Gasteiger partial charge < -0.3 is 15.7 Å². The molecule has 1 unspecified atom stereocenters. The molecule has 0 bridgehead atoms. The van der Waals surface area contributed by atoms with Crippen LogP contribution >= 0.6 is 0 Å². The van der Waals surface area contributed by atoms with E-state index in [0.717, 1.165) is 0 Å². The Bertz CT molecular complexity index is 173. The van der Waals surface area contributed by atoms with Gasteiger partial charge in [-0.3, -0.25) is 4.79 Å². The molecule has 3 N–H and O–H groups in total. The number of carbonyl (C=O) groups excluding carboxylic acids is 1. The molecule has 0 aliphatic rings. The Kier molecular flexibility index (Phi) is 5.72. The SMILES string of the molecule is CC(O)CNC(=O)CCNC(C)(C)C. The van der Waals surface area contributed by atoms with Crippen LogP contribution in [0.2, 0.25) is 0 Å². The van der Waals surface area contributed by atoms with Crippen molar-refractivity contribution in [3.8, 4) is 0 Å².